The van der Waals surface area contributed by atoms with Gasteiger partial charge in [-0.15, -0.1) is 6.58 Å². The monoisotopic (exact) mass is 422 g/mol. The molecule has 0 saturated heterocycles. The van der Waals surface area contributed by atoms with Gasteiger partial charge in [0, 0.05) is 18.0 Å². The largest absolute Gasteiger partial charge is 0.508 e. The van der Waals surface area contributed by atoms with Crippen molar-refractivity contribution in [3.8, 4) is 11.5 Å². The van der Waals surface area contributed by atoms with Gasteiger partial charge in [-0.25, -0.2) is 8.42 Å². The average Bonchev–Trinajstić information content (AvgIpc) is 2.75. The molecule has 2 N–H and O–H groups in total. The van der Waals surface area contributed by atoms with Gasteiger partial charge in [0.15, 0.2) is 0 Å². The summed E-state index contributed by atoms with van der Waals surface area (Å²) in [5.41, 5.74) is 2.32. The maximum absolute atomic E-state index is 13.1. The molecule has 0 radical (unpaired) electrons. The molecule has 1 aromatic heterocycles. The van der Waals surface area contributed by atoms with E-state index >= 15 is 0 Å². The number of anilines is 1. The number of benzene rings is 2. The zero-order valence-corrected chi connectivity index (χ0v) is 17.2. The molecule has 3 aromatic rings. The number of ether oxygens (including phenoxy) is 1. The summed E-state index contributed by atoms with van der Waals surface area (Å²) in [5.74, 6) is 0.664. The van der Waals surface area contributed by atoms with Crippen LogP contribution < -0.4 is 9.46 Å². The Balaban J connectivity index is 1.91. The molecule has 0 saturated carbocycles. The number of nitrogens with one attached hydrogen (secondary N) is 1. The number of phenolic OH excluding ortho intramolecular Hbond substituents is 1. The maximum atomic E-state index is 13.1. The summed E-state index contributed by atoms with van der Waals surface area (Å²) in [6.45, 7) is 3.69. The van der Waals surface area contributed by atoms with E-state index < -0.39 is 15.3 Å². The van der Waals surface area contributed by atoms with Gasteiger partial charge >= 0.3 is 0 Å². The molecule has 0 amide bonds. The summed E-state index contributed by atoms with van der Waals surface area (Å²) < 4.78 is 33.9. The molecule has 0 aliphatic rings. The van der Waals surface area contributed by atoms with Crippen LogP contribution in [-0.2, 0) is 10.0 Å². The lowest BCUT2D eigenvalue weighted by Crippen LogP contribution is -2.20. The van der Waals surface area contributed by atoms with Crippen molar-refractivity contribution in [3.05, 3.63) is 96.3 Å². The highest BCUT2D eigenvalue weighted by molar-refractivity contribution is 7.93. The second-order valence-electron chi connectivity index (χ2n) is 6.46. The van der Waals surface area contributed by atoms with Crippen molar-refractivity contribution in [3.63, 3.8) is 0 Å². The normalized spacial score (nSPS) is 12.4. The van der Waals surface area contributed by atoms with Crippen molar-refractivity contribution in [2.24, 2.45) is 0 Å². The van der Waals surface area contributed by atoms with Crippen LogP contribution in [0.25, 0.3) is 12.2 Å². The van der Waals surface area contributed by atoms with Crippen LogP contribution in [0.2, 0.25) is 0 Å². The number of aromatic hydroxyl groups is 1. The number of methoxy groups -OCH3 is 1. The number of phenols is 1. The Morgan fingerprint density at radius 2 is 1.77 bits per heavy atom. The fourth-order valence-electron chi connectivity index (χ4n) is 2.89. The van der Waals surface area contributed by atoms with Gasteiger partial charge in [-0.1, -0.05) is 30.4 Å². The molecule has 0 spiro atoms. The first-order valence-corrected chi connectivity index (χ1v) is 10.7. The highest BCUT2D eigenvalue weighted by atomic mass is 32.2. The number of sulfonamides is 1. The molecular formula is C23H22N2O4S. The topological polar surface area (TPSA) is 88.5 Å². The first kappa shape index (κ1) is 21.1. The van der Waals surface area contributed by atoms with Crippen LogP contribution in [-0.4, -0.2) is 25.6 Å². The summed E-state index contributed by atoms with van der Waals surface area (Å²) >= 11 is 0. The minimum Gasteiger partial charge on any atom is -0.508 e. The van der Waals surface area contributed by atoms with Gasteiger partial charge in [0.1, 0.15) is 16.7 Å². The molecule has 0 aliphatic heterocycles. The van der Waals surface area contributed by atoms with Crippen LogP contribution >= 0.6 is 0 Å². The molecule has 154 valence electrons. The molecule has 0 fully saturated rings. The van der Waals surface area contributed by atoms with E-state index in [9.17, 15) is 13.5 Å². The van der Waals surface area contributed by atoms with Gasteiger partial charge in [0.2, 0.25) is 10.0 Å². The van der Waals surface area contributed by atoms with Crippen molar-refractivity contribution in [2.75, 3.05) is 11.8 Å². The van der Waals surface area contributed by atoms with Gasteiger partial charge in [-0.05, 0) is 53.6 Å². The van der Waals surface area contributed by atoms with E-state index in [4.69, 9.17) is 4.74 Å². The van der Waals surface area contributed by atoms with Crippen LogP contribution in [0.3, 0.4) is 0 Å². The Morgan fingerprint density at radius 1 is 1.07 bits per heavy atom. The van der Waals surface area contributed by atoms with E-state index in [1.807, 2.05) is 18.2 Å². The summed E-state index contributed by atoms with van der Waals surface area (Å²) in [5, 5.41) is 8.90. The Bertz CT molecular complexity index is 1140. The van der Waals surface area contributed by atoms with E-state index in [-0.39, 0.29) is 5.75 Å². The van der Waals surface area contributed by atoms with Crippen molar-refractivity contribution in [1.82, 2.24) is 4.98 Å². The Morgan fingerprint density at radius 3 is 2.40 bits per heavy atom. The zero-order valence-electron chi connectivity index (χ0n) is 16.4. The Labute approximate surface area is 176 Å². The second kappa shape index (κ2) is 9.28. The lowest BCUT2D eigenvalue weighted by atomic mass is 10.1. The number of hydrogen-bond donors (Lipinski definition) is 2. The predicted octanol–water partition coefficient (Wildman–Crippen LogP) is 4.64. The maximum Gasteiger partial charge on any atom is 0.243 e. The van der Waals surface area contributed by atoms with Crippen LogP contribution in [0.4, 0.5) is 5.69 Å². The van der Waals surface area contributed by atoms with Crippen molar-refractivity contribution in [2.45, 2.75) is 5.25 Å². The molecule has 1 heterocycles. The standard InChI is InChI=1S/C23H22N2O4S/c1-3-23(18-6-9-21(29-2)10-7-18)30(27,28)25-22-11-8-20(26)16-19(22)5-4-17-12-14-24-15-13-17/h3-16,23,25-26H,1H2,2H3. The van der Waals surface area contributed by atoms with Crippen molar-refractivity contribution in [1.29, 1.82) is 0 Å². The smallest absolute Gasteiger partial charge is 0.243 e. The third-order valence-electron chi connectivity index (χ3n) is 4.44. The minimum absolute atomic E-state index is 0.0303. The number of aromatic nitrogens is 1. The molecule has 0 bridgehead atoms. The third kappa shape index (κ3) is 5.07. The van der Waals surface area contributed by atoms with Gasteiger partial charge in [-0.3, -0.25) is 9.71 Å². The highest BCUT2D eigenvalue weighted by Gasteiger charge is 2.25. The van der Waals surface area contributed by atoms with Gasteiger partial charge < -0.3 is 9.84 Å². The molecule has 7 heteroatoms. The Hall–Kier alpha value is -3.58. The Kier molecular flexibility index (Phi) is 6.54. The molecule has 0 aliphatic carbocycles. The number of pyridine rings is 1. The molecule has 1 atom stereocenters. The highest BCUT2D eigenvalue weighted by Crippen LogP contribution is 2.30. The third-order valence-corrected chi connectivity index (χ3v) is 6.08. The summed E-state index contributed by atoms with van der Waals surface area (Å²) in [6, 6.07) is 14.9. The molecule has 30 heavy (non-hydrogen) atoms. The fourth-order valence-corrected chi connectivity index (χ4v) is 4.28. The van der Waals surface area contributed by atoms with E-state index in [2.05, 4.69) is 16.3 Å². The average molecular weight is 423 g/mol. The van der Waals surface area contributed by atoms with E-state index in [1.54, 1.807) is 49.8 Å². The quantitative estimate of drug-likeness (QED) is 0.408. The van der Waals surface area contributed by atoms with Gasteiger partial charge in [0.05, 0.1) is 12.8 Å². The van der Waals surface area contributed by atoms with Crippen molar-refractivity contribution >= 4 is 27.9 Å². The summed E-state index contributed by atoms with van der Waals surface area (Å²) in [4.78, 5) is 3.97. The van der Waals surface area contributed by atoms with Crippen LogP contribution in [0.1, 0.15) is 21.9 Å². The van der Waals surface area contributed by atoms with E-state index in [1.165, 1.54) is 24.3 Å². The molecule has 6 nitrogen and oxygen atoms in total. The lowest BCUT2D eigenvalue weighted by molar-refractivity contribution is 0.414. The number of rotatable bonds is 8. The SMILES string of the molecule is C=CC(c1ccc(OC)cc1)S(=O)(=O)Nc1ccc(O)cc1C=Cc1ccncc1. The number of nitrogens with zero attached hydrogens (tertiary/aromatic N) is 1. The molecule has 2 aromatic carbocycles. The first-order chi connectivity index (χ1) is 14.4. The summed E-state index contributed by atoms with van der Waals surface area (Å²) in [7, 11) is -2.31. The molecular weight excluding hydrogens is 400 g/mol. The zero-order chi connectivity index (χ0) is 21.6. The van der Waals surface area contributed by atoms with Gasteiger partial charge in [-0.2, -0.15) is 0 Å². The molecule has 1 unspecified atom stereocenters. The summed E-state index contributed by atoms with van der Waals surface area (Å²) in [6.07, 6.45) is 8.23. The van der Waals surface area contributed by atoms with E-state index in [0.717, 1.165) is 5.56 Å². The van der Waals surface area contributed by atoms with Crippen LogP contribution in [0.5, 0.6) is 11.5 Å². The lowest BCUT2D eigenvalue weighted by Gasteiger charge is -2.18. The molecule has 3 rings (SSSR count). The first-order valence-electron chi connectivity index (χ1n) is 9.12. The van der Waals surface area contributed by atoms with Crippen molar-refractivity contribution < 1.29 is 18.3 Å². The minimum atomic E-state index is -3.85. The second-order valence-corrected chi connectivity index (χ2v) is 8.26. The van der Waals surface area contributed by atoms with Gasteiger partial charge in [0.25, 0.3) is 0 Å². The predicted molar refractivity (Wildman–Crippen MR) is 120 cm³/mol. The van der Waals surface area contributed by atoms with Crippen LogP contribution in [0.15, 0.2) is 79.6 Å². The van der Waals surface area contributed by atoms with E-state index in [0.29, 0.717) is 22.6 Å². The number of hydrogen-bond acceptors (Lipinski definition) is 5. The fraction of sp³-hybridized carbons (Fsp3) is 0.0870. The van der Waals surface area contributed by atoms with Crippen LogP contribution in [0, 0.1) is 0 Å².